The Kier molecular flexibility index (Phi) is 4.59. The average molecular weight is 240 g/mol. The second kappa shape index (κ2) is 5.95. The molecule has 6 heteroatoms. The first-order chi connectivity index (χ1) is 8.08. The fourth-order valence-electron chi connectivity index (χ4n) is 1.45. The van der Waals surface area contributed by atoms with E-state index in [2.05, 4.69) is 6.58 Å². The summed E-state index contributed by atoms with van der Waals surface area (Å²) >= 11 is 0. The molecular formula is C11H13FN2O3. The van der Waals surface area contributed by atoms with E-state index in [4.69, 9.17) is 5.11 Å². The molecule has 0 saturated heterocycles. The number of aliphatic hydroxyl groups excluding tert-OH is 1. The van der Waals surface area contributed by atoms with Gasteiger partial charge in [0.25, 0.3) is 5.69 Å². The zero-order valence-corrected chi connectivity index (χ0v) is 9.17. The highest BCUT2D eigenvalue weighted by Gasteiger charge is 2.13. The van der Waals surface area contributed by atoms with Crippen LogP contribution >= 0.6 is 0 Å². The molecule has 0 bridgehead atoms. The van der Waals surface area contributed by atoms with Crippen molar-refractivity contribution in [2.75, 3.05) is 24.6 Å². The van der Waals surface area contributed by atoms with Gasteiger partial charge >= 0.3 is 0 Å². The number of benzene rings is 1. The lowest BCUT2D eigenvalue weighted by Crippen LogP contribution is -2.26. The Morgan fingerprint density at radius 3 is 2.76 bits per heavy atom. The number of nitrogens with zero attached hydrogens (tertiary/aromatic N) is 2. The van der Waals surface area contributed by atoms with E-state index in [0.29, 0.717) is 12.2 Å². The van der Waals surface area contributed by atoms with Crippen molar-refractivity contribution in [3.05, 3.63) is 46.8 Å². The Morgan fingerprint density at radius 2 is 2.24 bits per heavy atom. The highest BCUT2D eigenvalue weighted by atomic mass is 19.1. The van der Waals surface area contributed by atoms with Gasteiger partial charge in [0.15, 0.2) is 0 Å². The molecule has 1 rings (SSSR count). The number of nitro groups is 1. The largest absolute Gasteiger partial charge is 0.395 e. The quantitative estimate of drug-likeness (QED) is 0.467. The van der Waals surface area contributed by atoms with Crippen LogP contribution in [0.1, 0.15) is 0 Å². The molecule has 0 unspecified atom stereocenters. The standard InChI is InChI=1S/C11H13FN2O3/c1-2-3-13(4-5-15)10-6-9(12)7-11(8-10)14(16)17/h2,6-8,15H,1,3-5H2. The molecule has 0 saturated carbocycles. The number of aliphatic hydroxyl groups is 1. The summed E-state index contributed by atoms with van der Waals surface area (Å²) in [5.74, 6) is -0.679. The molecule has 0 atom stereocenters. The molecule has 0 aliphatic carbocycles. The summed E-state index contributed by atoms with van der Waals surface area (Å²) in [5, 5.41) is 19.5. The highest BCUT2D eigenvalue weighted by Crippen LogP contribution is 2.23. The fourth-order valence-corrected chi connectivity index (χ4v) is 1.45. The van der Waals surface area contributed by atoms with Gasteiger partial charge in [-0.1, -0.05) is 6.08 Å². The molecule has 0 amide bonds. The van der Waals surface area contributed by atoms with Gasteiger partial charge in [-0.25, -0.2) is 4.39 Å². The van der Waals surface area contributed by atoms with Gasteiger partial charge in [0.2, 0.25) is 0 Å². The third kappa shape index (κ3) is 3.53. The Labute approximate surface area is 97.9 Å². The first kappa shape index (κ1) is 13.1. The van der Waals surface area contributed by atoms with Gasteiger partial charge in [0.1, 0.15) is 5.82 Å². The first-order valence-corrected chi connectivity index (χ1v) is 5.00. The first-order valence-electron chi connectivity index (χ1n) is 5.00. The highest BCUT2D eigenvalue weighted by molar-refractivity contribution is 5.54. The third-order valence-electron chi connectivity index (χ3n) is 2.16. The van der Waals surface area contributed by atoms with E-state index >= 15 is 0 Å². The summed E-state index contributed by atoms with van der Waals surface area (Å²) in [6, 6.07) is 3.31. The lowest BCUT2D eigenvalue weighted by atomic mass is 10.2. The van der Waals surface area contributed by atoms with Gasteiger partial charge in [-0.2, -0.15) is 0 Å². The van der Waals surface area contributed by atoms with Gasteiger partial charge in [-0.3, -0.25) is 10.1 Å². The van der Waals surface area contributed by atoms with E-state index in [1.54, 1.807) is 11.0 Å². The number of rotatable bonds is 6. The van der Waals surface area contributed by atoms with E-state index in [-0.39, 0.29) is 18.8 Å². The van der Waals surface area contributed by atoms with Gasteiger partial charge in [-0.15, -0.1) is 6.58 Å². The van der Waals surface area contributed by atoms with Crippen molar-refractivity contribution < 1.29 is 14.4 Å². The molecule has 0 spiro atoms. The van der Waals surface area contributed by atoms with Crippen molar-refractivity contribution in [1.82, 2.24) is 0 Å². The minimum atomic E-state index is -0.679. The summed E-state index contributed by atoms with van der Waals surface area (Å²) in [4.78, 5) is 11.5. The molecule has 0 aliphatic heterocycles. The molecular weight excluding hydrogens is 227 g/mol. The number of nitro benzene ring substituents is 1. The smallest absolute Gasteiger partial charge is 0.274 e. The van der Waals surface area contributed by atoms with E-state index in [0.717, 1.165) is 6.07 Å². The fraction of sp³-hybridized carbons (Fsp3) is 0.273. The van der Waals surface area contributed by atoms with Crippen LogP contribution in [0.5, 0.6) is 0 Å². The third-order valence-corrected chi connectivity index (χ3v) is 2.16. The average Bonchev–Trinajstić information content (AvgIpc) is 2.28. The molecule has 0 radical (unpaired) electrons. The van der Waals surface area contributed by atoms with Crippen LogP contribution in [0.2, 0.25) is 0 Å². The molecule has 0 aliphatic rings. The van der Waals surface area contributed by atoms with Crippen molar-refractivity contribution in [3.8, 4) is 0 Å². The number of halogens is 1. The van der Waals surface area contributed by atoms with Crippen LogP contribution in [0, 0.1) is 15.9 Å². The molecule has 0 fully saturated rings. The van der Waals surface area contributed by atoms with Crippen molar-refractivity contribution in [3.63, 3.8) is 0 Å². The molecule has 92 valence electrons. The van der Waals surface area contributed by atoms with Crippen molar-refractivity contribution in [2.24, 2.45) is 0 Å². The minimum absolute atomic E-state index is 0.127. The van der Waals surface area contributed by atoms with Crippen LogP contribution in [-0.2, 0) is 0 Å². The number of hydrogen-bond donors (Lipinski definition) is 1. The summed E-state index contributed by atoms with van der Waals surface area (Å²) in [6.45, 7) is 4.04. The minimum Gasteiger partial charge on any atom is -0.395 e. The molecule has 17 heavy (non-hydrogen) atoms. The van der Waals surface area contributed by atoms with Gasteiger partial charge in [-0.05, 0) is 6.07 Å². The van der Waals surface area contributed by atoms with E-state index < -0.39 is 10.7 Å². The molecule has 1 aromatic rings. The normalized spacial score (nSPS) is 10.0. The summed E-state index contributed by atoms with van der Waals surface area (Å²) in [5.41, 5.74) is 0.0395. The lowest BCUT2D eigenvalue weighted by Gasteiger charge is -2.21. The molecule has 0 heterocycles. The molecule has 0 aromatic heterocycles. The Hall–Kier alpha value is -1.95. The lowest BCUT2D eigenvalue weighted by molar-refractivity contribution is -0.385. The topological polar surface area (TPSA) is 66.6 Å². The molecule has 1 aromatic carbocycles. The van der Waals surface area contributed by atoms with Crippen LogP contribution in [0.3, 0.4) is 0 Å². The zero-order chi connectivity index (χ0) is 12.8. The second-order valence-electron chi connectivity index (χ2n) is 3.38. The number of hydrogen-bond acceptors (Lipinski definition) is 4. The van der Waals surface area contributed by atoms with E-state index in [1.807, 2.05) is 0 Å². The van der Waals surface area contributed by atoms with Gasteiger partial charge < -0.3 is 10.0 Å². The summed E-state index contributed by atoms with van der Waals surface area (Å²) < 4.78 is 13.2. The number of anilines is 1. The summed E-state index contributed by atoms with van der Waals surface area (Å²) in [6.07, 6.45) is 1.58. The predicted octanol–water partition coefficient (Wildman–Crippen LogP) is 1.72. The molecule has 1 N–H and O–H groups in total. The van der Waals surface area contributed by atoms with Crippen molar-refractivity contribution in [2.45, 2.75) is 0 Å². The van der Waals surface area contributed by atoms with Crippen LogP contribution < -0.4 is 4.90 Å². The van der Waals surface area contributed by atoms with Crippen LogP contribution in [0.25, 0.3) is 0 Å². The van der Waals surface area contributed by atoms with Gasteiger partial charge in [0.05, 0.1) is 17.6 Å². The Balaban J connectivity index is 3.08. The van der Waals surface area contributed by atoms with E-state index in [1.165, 1.54) is 12.1 Å². The molecule has 5 nitrogen and oxygen atoms in total. The Bertz CT molecular complexity index is 423. The SMILES string of the molecule is C=CCN(CCO)c1cc(F)cc([N+](=O)[O-])c1. The van der Waals surface area contributed by atoms with E-state index in [9.17, 15) is 14.5 Å². The predicted molar refractivity (Wildman–Crippen MR) is 62.6 cm³/mol. The van der Waals surface area contributed by atoms with Crippen molar-refractivity contribution in [1.29, 1.82) is 0 Å². The van der Waals surface area contributed by atoms with Crippen LogP contribution in [0.15, 0.2) is 30.9 Å². The maximum Gasteiger partial charge on any atom is 0.274 e. The zero-order valence-electron chi connectivity index (χ0n) is 9.17. The Morgan fingerprint density at radius 1 is 1.53 bits per heavy atom. The second-order valence-corrected chi connectivity index (χ2v) is 3.38. The van der Waals surface area contributed by atoms with Crippen LogP contribution in [0.4, 0.5) is 15.8 Å². The maximum atomic E-state index is 13.2. The number of non-ortho nitro benzene ring substituents is 1. The van der Waals surface area contributed by atoms with Crippen molar-refractivity contribution >= 4 is 11.4 Å². The van der Waals surface area contributed by atoms with Gasteiger partial charge in [0, 0.05) is 24.8 Å². The monoisotopic (exact) mass is 240 g/mol. The summed E-state index contributed by atoms with van der Waals surface area (Å²) in [7, 11) is 0. The van der Waals surface area contributed by atoms with Crippen LogP contribution in [-0.4, -0.2) is 29.7 Å². The maximum absolute atomic E-state index is 13.2.